The fourth-order valence-electron chi connectivity index (χ4n) is 3.86. The van der Waals surface area contributed by atoms with Gasteiger partial charge in [0.25, 0.3) is 0 Å². The highest BCUT2D eigenvalue weighted by Gasteiger charge is 2.22. The Morgan fingerprint density at radius 2 is 1.57 bits per heavy atom. The van der Waals surface area contributed by atoms with Crippen molar-refractivity contribution < 1.29 is 17.9 Å². The van der Waals surface area contributed by atoms with Gasteiger partial charge in [-0.05, 0) is 48.9 Å². The Morgan fingerprint density at radius 1 is 0.857 bits per heavy atom. The summed E-state index contributed by atoms with van der Waals surface area (Å²) in [4.78, 5) is 0. The van der Waals surface area contributed by atoms with Gasteiger partial charge >= 0.3 is 0 Å². The van der Waals surface area contributed by atoms with Crippen molar-refractivity contribution in [1.29, 1.82) is 0 Å². The minimum Gasteiger partial charge on any atom is -0.494 e. The molecule has 0 spiro atoms. The zero-order valence-electron chi connectivity index (χ0n) is 16.6. The highest BCUT2D eigenvalue weighted by Crippen LogP contribution is 2.35. The monoisotopic (exact) mass is 388 g/mol. The number of hydrogen-bond acceptors (Lipinski definition) is 1. The standard InChI is InChI=1S/C24H27F3O/c1-3-4-5-6-7-8-16-9-11-18-17(15-16)10-12-19(22(18)25)20-13-14-21(28-2)24(27)23(20)26/h9-10,12-14H,3-8,11,15H2,1-2H3. The van der Waals surface area contributed by atoms with E-state index in [4.69, 9.17) is 4.74 Å². The summed E-state index contributed by atoms with van der Waals surface area (Å²) in [6.45, 7) is 2.20. The average molecular weight is 388 g/mol. The lowest BCUT2D eigenvalue weighted by Gasteiger charge is -2.20. The number of halogens is 3. The summed E-state index contributed by atoms with van der Waals surface area (Å²) in [5.74, 6) is -2.83. The van der Waals surface area contributed by atoms with E-state index < -0.39 is 17.5 Å². The van der Waals surface area contributed by atoms with E-state index in [1.807, 2.05) is 6.07 Å². The van der Waals surface area contributed by atoms with Crippen molar-refractivity contribution in [2.75, 3.05) is 7.11 Å². The quantitative estimate of drug-likeness (QED) is 0.344. The lowest BCUT2D eigenvalue weighted by molar-refractivity contribution is 0.372. The predicted octanol–water partition coefficient (Wildman–Crippen LogP) is 7.17. The van der Waals surface area contributed by atoms with Gasteiger partial charge in [0.1, 0.15) is 5.82 Å². The van der Waals surface area contributed by atoms with Gasteiger partial charge < -0.3 is 4.74 Å². The number of unbranched alkanes of at least 4 members (excludes halogenated alkanes) is 4. The van der Waals surface area contributed by atoms with E-state index in [9.17, 15) is 8.78 Å². The fraction of sp³-hybridized carbons (Fsp3) is 0.417. The summed E-state index contributed by atoms with van der Waals surface area (Å²) in [6, 6.07) is 6.09. The van der Waals surface area contributed by atoms with Gasteiger partial charge in [0, 0.05) is 11.1 Å². The molecule has 0 N–H and O–H groups in total. The molecule has 2 aromatic rings. The largest absolute Gasteiger partial charge is 0.494 e. The van der Waals surface area contributed by atoms with Crippen LogP contribution in [-0.2, 0) is 12.8 Å². The topological polar surface area (TPSA) is 9.23 Å². The van der Waals surface area contributed by atoms with Gasteiger partial charge in [-0.1, -0.05) is 56.4 Å². The Hall–Kier alpha value is -2.23. The molecule has 1 nitrogen and oxygen atoms in total. The van der Waals surface area contributed by atoms with Gasteiger partial charge in [0.15, 0.2) is 11.6 Å². The molecular weight excluding hydrogens is 361 g/mol. The number of methoxy groups -OCH3 is 1. The van der Waals surface area contributed by atoms with Crippen molar-refractivity contribution in [2.45, 2.75) is 58.3 Å². The average Bonchev–Trinajstić information content (AvgIpc) is 2.70. The first kappa shape index (κ1) is 20.5. The van der Waals surface area contributed by atoms with Crippen LogP contribution in [0.25, 0.3) is 11.1 Å². The van der Waals surface area contributed by atoms with Crippen LogP contribution in [-0.4, -0.2) is 7.11 Å². The zero-order chi connectivity index (χ0) is 20.1. The lowest BCUT2D eigenvalue weighted by Crippen LogP contribution is -2.07. The molecule has 0 bridgehead atoms. The van der Waals surface area contributed by atoms with E-state index >= 15 is 4.39 Å². The van der Waals surface area contributed by atoms with E-state index in [0.717, 1.165) is 24.8 Å². The van der Waals surface area contributed by atoms with Crippen LogP contribution in [0.5, 0.6) is 5.75 Å². The van der Waals surface area contributed by atoms with Crippen LogP contribution >= 0.6 is 0 Å². The van der Waals surface area contributed by atoms with Gasteiger partial charge in [-0.3, -0.25) is 0 Å². The van der Waals surface area contributed by atoms with E-state index in [-0.39, 0.29) is 16.9 Å². The number of hydrogen-bond donors (Lipinski definition) is 0. The van der Waals surface area contributed by atoms with Crippen molar-refractivity contribution in [3.8, 4) is 16.9 Å². The highest BCUT2D eigenvalue weighted by molar-refractivity contribution is 5.68. The van der Waals surface area contributed by atoms with Crippen LogP contribution < -0.4 is 4.74 Å². The van der Waals surface area contributed by atoms with E-state index in [2.05, 4.69) is 13.0 Å². The molecule has 150 valence electrons. The Morgan fingerprint density at radius 3 is 2.32 bits per heavy atom. The minimum absolute atomic E-state index is 0.0794. The Bertz CT molecular complexity index is 871. The zero-order valence-corrected chi connectivity index (χ0v) is 16.6. The predicted molar refractivity (Wildman–Crippen MR) is 107 cm³/mol. The van der Waals surface area contributed by atoms with Gasteiger partial charge in [0.2, 0.25) is 5.82 Å². The van der Waals surface area contributed by atoms with Crippen molar-refractivity contribution in [3.63, 3.8) is 0 Å². The normalized spacial score (nSPS) is 13.2. The Balaban J connectivity index is 1.78. The summed E-state index contributed by atoms with van der Waals surface area (Å²) in [5, 5.41) is 0. The first-order valence-electron chi connectivity index (χ1n) is 10.1. The number of benzene rings is 2. The van der Waals surface area contributed by atoms with Crippen molar-refractivity contribution in [1.82, 2.24) is 0 Å². The van der Waals surface area contributed by atoms with Crippen LogP contribution in [0.2, 0.25) is 0 Å². The summed E-state index contributed by atoms with van der Waals surface area (Å²) in [6.07, 6.45) is 10.5. The molecule has 0 heterocycles. The number of ether oxygens (including phenoxy) is 1. The molecule has 1 aliphatic rings. The van der Waals surface area contributed by atoms with E-state index in [1.54, 1.807) is 6.07 Å². The molecule has 1 aliphatic carbocycles. The maximum atomic E-state index is 15.1. The van der Waals surface area contributed by atoms with Gasteiger partial charge in [0.05, 0.1) is 7.11 Å². The second-order valence-electron chi connectivity index (χ2n) is 7.42. The van der Waals surface area contributed by atoms with Gasteiger partial charge in [-0.25, -0.2) is 8.78 Å². The summed E-state index contributed by atoms with van der Waals surface area (Å²) < 4.78 is 48.3. The minimum atomic E-state index is -1.10. The molecule has 28 heavy (non-hydrogen) atoms. The Labute approximate surface area is 165 Å². The van der Waals surface area contributed by atoms with Crippen molar-refractivity contribution in [2.24, 2.45) is 0 Å². The van der Waals surface area contributed by atoms with Crippen LogP contribution in [0.3, 0.4) is 0 Å². The van der Waals surface area contributed by atoms with Crippen molar-refractivity contribution >= 4 is 0 Å². The molecule has 0 saturated carbocycles. The summed E-state index contributed by atoms with van der Waals surface area (Å²) in [5.41, 5.74) is 2.89. The van der Waals surface area contributed by atoms with Crippen LogP contribution in [0.15, 0.2) is 35.9 Å². The molecule has 0 radical (unpaired) electrons. The third kappa shape index (κ3) is 4.26. The summed E-state index contributed by atoms with van der Waals surface area (Å²) >= 11 is 0. The molecule has 3 rings (SSSR count). The maximum Gasteiger partial charge on any atom is 0.201 e. The van der Waals surface area contributed by atoms with E-state index in [1.165, 1.54) is 50.5 Å². The van der Waals surface area contributed by atoms with Crippen LogP contribution in [0.1, 0.15) is 56.6 Å². The molecular formula is C24H27F3O. The number of rotatable bonds is 8. The third-order valence-electron chi connectivity index (χ3n) is 5.51. The number of fused-ring (bicyclic) bond motifs is 1. The van der Waals surface area contributed by atoms with Crippen LogP contribution in [0.4, 0.5) is 13.2 Å². The first-order valence-corrected chi connectivity index (χ1v) is 10.1. The molecule has 0 atom stereocenters. The van der Waals surface area contributed by atoms with Gasteiger partial charge in [-0.2, -0.15) is 4.39 Å². The Kier molecular flexibility index (Phi) is 6.82. The SMILES string of the molecule is CCCCCCCC1=CCc2c(ccc(-c3ccc(OC)c(F)c3F)c2F)C1. The fourth-order valence-corrected chi connectivity index (χ4v) is 3.86. The van der Waals surface area contributed by atoms with Crippen molar-refractivity contribution in [3.05, 3.63) is 64.5 Å². The first-order chi connectivity index (χ1) is 13.6. The third-order valence-corrected chi connectivity index (χ3v) is 5.51. The molecule has 2 aromatic carbocycles. The highest BCUT2D eigenvalue weighted by atomic mass is 19.2. The molecule has 0 aliphatic heterocycles. The van der Waals surface area contributed by atoms with E-state index in [0.29, 0.717) is 12.0 Å². The lowest BCUT2D eigenvalue weighted by atomic mass is 9.86. The van der Waals surface area contributed by atoms with Gasteiger partial charge in [-0.15, -0.1) is 0 Å². The molecule has 0 unspecified atom stereocenters. The number of allylic oxidation sites excluding steroid dienone is 2. The molecule has 0 saturated heterocycles. The van der Waals surface area contributed by atoms with Crippen LogP contribution in [0, 0.1) is 17.5 Å². The maximum absolute atomic E-state index is 15.1. The molecule has 4 heteroatoms. The second kappa shape index (κ2) is 9.31. The smallest absolute Gasteiger partial charge is 0.201 e. The second-order valence-corrected chi connectivity index (χ2v) is 7.42. The molecule has 0 amide bonds. The molecule has 0 aromatic heterocycles. The summed E-state index contributed by atoms with van der Waals surface area (Å²) in [7, 11) is 1.27. The molecule has 0 fully saturated rings.